The number of amides is 3. The summed E-state index contributed by atoms with van der Waals surface area (Å²) in [5.41, 5.74) is 4.33. The minimum Gasteiger partial charge on any atom is -0.368 e. The van der Waals surface area contributed by atoms with E-state index in [4.69, 9.17) is 11.6 Å². The topological polar surface area (TPSA) is 81.8 Å². The zero-order valence-corrected chi connectivity index (χ0v) is 17.5. The molecule has 0 atom stereocenters. The van der Waals surface area contributed by atoms with E-state index in [0.29, 0.717) is 44.7 Å². The average molecular weight is 427 g/mol. The zero-order chi connectivity index (χ0) is 21.3. The third-order valence-corrected chi connectivity index (χ3v) is 5.95. The van der Waals surface area contributed by atoms with Crippen LogP contribution in [0.4, 0.5) is 17.1 Å². The Morgan fingerprint density at radius 3 is 2.53 bits per heavy atom. The van der Waals surface area contributed by atoms with Gasteiger partial charge < -0.3 is 20.4 Å². The Balaban J connectivity index is 1.34. The van der Waals surface area contributed by atoms with Crippen LogP contribution in [0, 0.1) is 6.92 Å². The molecule has 4 rings (SSSR count). The molecule has 0 spiro atoms. The molecule has 2 aliphatic rings. The van der Waals surface area contributed by atoms with Crippen LogP contribution in [0.5, 0.6) is 0 Å². The molecule has 0 aliphatic carbocycles. The summed E-state index contributed by atoms with van der Waals surface area (Å²) in [6, 6.07) is 11.1. The van der Waals surface area contributed by atoms with Crippen molar-refractivity contribution in [3.8, 4) is 0 Å². The van der Waals surface area contributed by atoms with Crippen LogP contribution in [0.2, 0.25) is 5.02 Å². The lowest BCUT2D eigenvalue weighted by Gasteiger charge is -2.36. The van der Waals surface area contributed by atoms with Gasteiger partial charge in [0.15, 0.2) is 0 Å². The van der Waals surface area contributed by atoms with Gasteiger partial charge in [0.2, 0.25) is 5.91 Å². The van der Waals surface area contributed by atoms with Crippen molar-refractivity contribution in [2.24, 2.45) is 0 Å². The number of halogens is 1. The number of fused-ring (bicyclic) bond motifs is 1. The molecule has 0 unspecified atom stereocenters. The largest absolute Gasteiger partial charge is 0.368 e. The van der Waals surface area contributed by atoms with Crippen molar-refractivity contribution in [2.45, 2.75) is 19.8 Å². The minimum absolute atomic E-state index is 0.0117. The normalized spacial score (nSPS) is 16.0. The molecule has 156 valence electrons. The summed E-state index contributed by atoms with van der Waals surface area (Å²) in [5, 5.41) is 6.22. The summed E-state index contributed by atoms with van der Waals surface area (Å²) in [6.07, 6.45) is 1.03. The Bertz CT molecular complexity index is 1020. The fourth-order valence-corrected chi connectivity index (χ4v) is 3.90. The summed E-state index contributed by atoms with van der Waals surface area (Å²) in [7, 11) is 0. The first-order chi connectivity index (χ1) is 14.4. The van der Waals surface area contributed by atoms with Crippen molar-refractivity contribution < 1.29 is 14.4 Å². The number of aryl methyl sites for hydroxylation is 2. The number of carbonyl (C=O) groups excluding carboxylic acids is 3. The van der Waals surface area contributed by atoms with Gasteiger partial charge in [-0.1, -0.05) is 11.6 Å². The molecule has 2 N–H and O–H groups in total. The first kappa shape index (κ1) is 20.2. The van der Waals surface area contributed by atoms with Crippen molar-refractivity contribution in [1.82, 2.24) is 4.90 Å². The van der Waals surface area contributed by atoms with E-state index < -0.39 is 11.8 Å². The SMILES string of the molecule is Cc1cc(N2CCN(C(=O)C(=O)Nc3ccc4c(c3)CCC(=O)N4)CC2)ccc1Cl. The van der Waals surface area contributed by atoms with Gasteiger partial charge in [-0.3, -0.25) is 14.4 Å². The minimum atomic E-state index is -0.648. The second-order valence-corrected chi connectivity index (χ2v) is 7.99. The van der Waals surface area contributed by atoms with Crippen molar-refractivity contribution in [2.75, 3.05) is 41.7 Å². The maximum Gasteiger partial charge on any atom is 0.313 e. The van der Waals surface area contributed by atoms with Gasteiger partial charge in [0.1, 0.15) is 0 Å². The maximum absolute atomic E-state index is 12.6. The van der Waals surface area contributed by atoms with E-state index in [1.165, 1.54) is 0 Å². The monoisotopic (exact) mass is 426 g/mol. The first-order valence-corrected chi connectivity index (χ1v) is 10.3. The van der Waals surface area contributed by atoms with E-state index in [9.17, 15) is 14.4 Å². The molecule has 8 heteroatoms. The van der Waals surface area contributed by atoms with Crippen LogP contribution in [0.25, 0.3) is 0 Å². The van der Waals surface area contributed by atoms with E-state index in [-0.39, 0.29) is 5.91 Å². The number of nitrogens with zero attached hydrogens (tertiary/aromatic N) is 2. The smallest absolute Gasteiger partial charge is 0.313 e. The number of anilines is 3. The Kier molecular flexibility index (Phi) is 5.63. The average Bonchev–Trinajstić information content (AvgIpc) is 2.75. The number of nitrogens with one attached hydrogen (secondary N) is 2. The third kappa shape index (κ3) is 4.26. The van der Waals surface area contributed by atoms with Gasteiger partial charge in [-0.25, -0.2) is 0 Å². The highest BCUT2D eigenvalue weighted by Gasteiger charge is 2.26. The van der Waals surface area contributed by atoms with Crippen LogP contribution in [-0.4, -0.2) is 48.8 Å². The molecule has 2 aromatic rings. The summed E-state index contributed by atoms with van der Waals surface area (Å²) < 4.78 is 0. The lowest BCUT2D eigenvalue weighted by atomic mass is 10.0. The number of hydrogen-bond acceptors (Lipinski definition) is 4. The molecule has 2 heterocycles. The van der Waals surface area contributed by atoms with Crippen LogP contribution in [0.3, 0.4) is 0 Å². The van der Waals surface area contributed by atoms with E-state index in [1.807, 2.05) is 25.1 Å². The summed E-state index contributed by atoms with van der Waals surface area (Å²) in [4.78, 5) is 40.3. The van der Waals surface area contributed by atoms with Crippen LogP contribution in [0.1, 0.15) is 17.5 Å². The molecule has 1 fully saturated rings. The van der Waals surface area contributed by atoms with E-state index in [1.54, 1.807) is 23.1 Å². The first-order valence-electron chi connectivity index (χ1n) is 9.95. The van der Waals surface area contributed by atoms with Crippen molar-refractivity contribution in [1.29, 1.82) is 0 Å². The summed E-state index contributed by atoms with van der Waals surface area (Å²) >= 11 is 6.10. The molecule has 0 radical (unpaired) electrons. The number of benzene rings is 2. The summed E-state index contributed by atoms with van der Waals surface area (Å²) in [5.74, 6) is -1.19. The molecule has 2 aliphatic heterocycles. The third-order valence-electron chi connectivity index (χ3n) is 5.53. The quantitative estimate of drug-likeness (QED) is 0.723. The van der Waals surface area contributed by atoms with Gasteiger partial charge in [0.25, 0.3) is 0 Å². The molecule has 0 saturated carbocycles. The van der Waals surface area contributed by atoms with Crippen molar-refractivity contribution >= 4 is 46.4 Å². The lowest BCUT2D eigenvalue weighted by molar-refractivity contribution is -0.143. The molecule has 7 nitrogen and oxygen atoms in total. The van der Waals surface area contributed by atoms with Gasteiger partial charge in [-0.15, -0.1) is 0 Å². The highest BCUT2D eigenvalue weighted by molar-refractivity contribution is 6.39. The van der Waals surface area contributed by atoms with Crippen LogP contribution >= 0.6 is 11.6 Å². The molecule has 2 aromatic carbocycles. The number of rotatable bonds is 2. The predicted molar refractivity (Wildman–Crippen MR) is 117 cm³/mol. The van der Waals surface area contributed by atoms with Gasteiger partial charge in [0.05, 0.1) is 0 Å². The van der Waals surface area contributed by atoms with Crippen molar-refractivity contribution in [3.05, 3.63) is 52.5 Å². The maximum atomic E-state index is 12.6. The van der Waals surface area contributed by atoms with E-state index in [0.717, 1.165) is 27.5 Å². The molecular weight excluding hydrogens is 404 g/mol. The number of piperazine rings is 1. The standard InChI is InChI=1S/C22H23ClN4O3/c1-14-12-17(4-5-18(14)23)26-8-10-27(11-9-26)22(30)21(29)24-16-3-6-19-15(13-16)2-7-20(28)25-19/h3-6,12-13H,2,7-11H2,1H3,(H,24,29)(H,25,28). The molecule has 0 aromatic heterocycles. The van der Waals surface area contributed by atoms with Crippen molar-refractivity contribution in [3.63, 3.8) is 0 Å². The molecule has 3 amide bonds. The van der Waals surface area contributed by atoms with Crippen LogP contribution in [0.15, 0.2) is 36.4 Å². The lowest BCUT2D eigenvalue weighted by Crippen LogP contribution is -2.51. The Hall–Kier alpha value is -3.06. The predicted octanol–water partition coefficient (Wildman–Crippen LogP) is 2.82. The molecule has 1 saturated heterocycles. The van der Waals surface area contributed by atoms with Gasteiger partial charge >= 0.3 is 11.8 Å². The molecular formula is C22H23ClN4O3. The Morgan fingerprint density at radius 2 is 1.80 bits per heavy atom. The molecule has 0 bridgehead atoms. The second kappa shape index (κ2) is 8.36. The highest BCUT2D eigenvalue weighted by atomic mass is 35.5. The number of hydrogen-bond donors (Lipinski definition) is 2. The highest BCUT2D eigenvalue weighted by Crippen LogP contribution is 2.26. The number of carbonyl (C=O) groups is 3. The zero-order valence-electron chi connectivity index (χ0n) is 16.7. The summed E-state index contributed by atoms with van der Waals surface area (Å²) in [6.45, 7) is 4.22. The van der Waals surface area contributed by atoms with Gasteiger partial charge in [-0.05, 0) is 60.9 Å². The van der Waals surface area contributed by atoms with E-state index in [2.05, 4.69) is 15.5 Å². The Morgan fingerprint density at radius 1 is 1.03 bits per heavy atom. The van der Waals surface area contributed by atoms with Crippen LogP contribution in [-0.2, 0) is 20.8 Å². The fourth-order valence-electron chi connectivity index (χ4n) is 3.78. The van der Waals surface area contributed by atoms with Gasteiger partial charge in [0, 0.05) is 54.7 Å². The molecule has 30 heavy (non-hydrogen) atoms. The fraction of sp³-hybridized carbons (Fsp3) is 0.318. The van der Waals surface area contributed by atoms with Crippen LogP contribution < -0.4 is 15.5 Å². The van der Waals surface area contributed by atoms with E-state index >= 15 is 0 Å². The second-order valence-electron chi connectivity index (χ2n) is 7.59. The van der Waals surface area contributed by atoms with Gasteiger partial charge in [-0.2, -0.15) is 0 Å². The Labute approximate surface area is 180 Å².